The Morgan fingerprint density at radius 2 is 1.52 bits per heavy atom. The molecular weight excluding hydrogens is 282 g/mol. The molecule has 2 nitrogen and oxygen atoms in total. The summed E-state index contributed by atoms with van der Waals surface area (Å²) in [6.07, 6.45) is 20.1. The van der Waals surface area contributed by atoms with Crippen LogP contribution < -0.4 is 10.1 Å². The third-order valence-corrected chi connectivity index (χ3v) is 4.24. The summed E-state index contributed by atoms with van der Waals surface area (Å²) in [5, 5.41) is 2.91. The number of benzene rings is 1. The lowest BCUT2D eigenvalue weighted by atomic mass is 10.0. The van der Waals surface area contributed by atoms with Crippen molar-refractivity contribution in [2.24, 2.45) is 0 Å². The lowest BCUT2D eigenvalue weighted by Crippen LogP contribution is -1.94. The van der Waals surface area contributed by atoms with E-state index in [1.54, 1.807) is 7.11 Å². The Morgan fingerprint density at radius 1 is 0.913 bits per heavy atom. The first-order valence-electron chi connectivity index (χ1n) is 9.19. The second-order valence-corrected chi connectivity index (χ2v) is 6.27. The Hall–Kier alpha value is -1.62. The predicted molar refractivity (Wildman–Crippen MR) is 101 cm³/mol. The van der Waals surface area contributed by atoms with E-state index in [2.05, 4.69) is 30.4 Å². The van der Waals surface area contributed by atoms with E-state index in [9.17, 15) is 0 Å². The van der Waals surface area contributed by atoms with Gasteiger partial charge in [0.25, 0.3) is 0 Å². The molecule has 0 atom stereocenters. The number of rotatable bonds is 13. The van der Waals surface area contributed by atoms with Gasteiger partial charge in [-0.15, -0.1) is 0 Å². The summed E-state index contributed by atoms with van der Waals surface area (Å²) >= 11 is 0. The molecule has 2 heteroatoms. The van der Waals surface area contributed by atoms with Crippen LogP contribution in [0, 0.1) is 12.5 Å². The van der Waals surface area contributed by atoms with Gasteiger partial charge in [-0.3, -0.25) is 0 Å². The molecule has 0 radical (unpaired) electrons. The summed E-state index contributed by atoms with van der Waals surface area (Å²) in [4.78, 5) is 0. The van der Waals surface area contributed by atoms with E-state index in [-0.39, 0.29) is 0 Å². The molecule has 0 aliphatic carbocycles. The number of aryl methyl sites for hydroxylation is 1. The van der Waals surface area contributed by atoms with E-state index in [0.29, 0.717) is 0 Å². The highest BCUT2D eigenvalue weighted by atomic mass is 16.5. The lowest BCUT2D eigenvalue weighted by molar-refractivity contribution is 0.414. The molecular formula is C21H33NO. The second kappa shape index (κ2) is 12.9. The first-order chi connectivity index (χ1) is 11.3. The number of methoxy groups -OCH3 is 1. The third kappa shape index (κ3) is 9.18. The van der Waals surface area contributed by atoms with Crippen molar-refractivity contribution < 1.29 is 4.74 Å². The number of terminal acetylenes is 1. The zero-order chi connectivity index (χ0) is 16.8. The Bertz CT molecular complexity index is 461. The van der Waals surface area contributed by atoms with Crippen molar-refractivity contribution in [2.45, 2.75) is 77.6 Å². The van der Waals surface area contributed by atoms with E-state index in [0.717, 1.165) is 17.9 Å². The quantitative estimate of drug-likeness (QED) is 0.267. The molecule has 0 bridgehead atoms. The minimum atomic E-state index is 0.868. The Labute approximate surface area is 143 Å². The average Bonchev–Trinajstić information content (AvgIpc) is 2.56. The molecule has 1 N–H and O–H groups in total. The average molecular weight is 316 g/mol. The first-order valence-corrected chi connectivity index (χ1v) is 9.19. The van der Waals surface area contributed by atoms with Crippen LogP contribution in [0.1, 0.15) is 76.7 Å². The minimum absolute atomic E-state index is 0.868. The van der Waals surface area contributed by atoms with Gasteiger partial charge in [-0.2, -0.15) is 0 Å². The van der Waals surface area contributed by atoms with Crippen molar-refractivity contribution in [1.82, 2.24) is 0 Å². The van der Waals surface area contributed by atoms with Crippen LogP contribution in [0.3, 0.4) is 0 Å². The zero-order valence-electron chi connectivity index (χ0n) is 15.0. The predicted octanol–water partition coefficient (Wildman–Crippen LogP) is 6.16. The minimum Gasteiger partial charge on any atom is -0.497 e. The van der Waals surface area contributed by atoms with Gasteiger partial charge >= 0.3 is 0 Å². The van der Waals surface area contributed by atoms with Crippen LogP contribution >= 0.6 is 0 Å². The molecule has 0 aliphatic heterocycles. The number of nitrogens with one attached hydrogen (secondary N) is 1. The van der Waals surface area contributed by atoms with Gasteiger partial charge in [0.1, 0.15) is 5.75 Å². The molecule has 0 saturated heterocycles. The van der Waals surface area contributed by atoms with E-state index in [1.165, 1.54) is 69.8 Å². The summed E-state index contributed by atoms with van der Waals surface area (Å²) < 4.78 is 5.33. The highest BCUT2D eigenvalue weighted by Gasteiger charge is 2.01. The molecule has 23 heavy (non-hydrogen) atoms. The van der Waals surface area contributed by atoms with E-state index >= 15 is 0 Å². The van der Waals surface area contributed by atoms with Gasteiger partial charge in [-0.05, 0) is 30.5 Å². The summed E-state index contributed by atoms with van der Waals surface area (Å²) in [5.74, 6) is 0.868. The standard InChI is InChI=1S/C21H33NO/c1-4-6-7-8-9-10-11-12-13-14-15-19-16-20(22-5-2)18-21(17-19)23-3/h2,16-18,22H,4,6-15H2,1,3H3. The number of unbranched alkanes of at least 4 members (excludes halogenated alkanes) is 9. The summed E-state index contributed by atoms with van der Waals surface area (Å²) in [5.41, 5.74) is 2.23. The van der Waals surface area contributed by atoms with Crippen LogP contribution in [-0.2, 0) is 6.42 Å². The van der Waals surface area contributed by atoms with Gasteiger partial charge < -0.3 is 10.1 Å². The summed E-state index contributed by atoms with van der Waals surface area (Å²) in [7, 11) is 1.69. The molecule has 0 heterocycles. The molecule has 0 saturated carbocycles. The molecule has 0 aliphatic rings. The van der Waals surface area contributed by atoms with Crippen molar-refractivity contribution in [1.29, 1.82) is 0 Å². The fourth-order valence-corrected chi connectivity index (χ4v) is 2.89. The summed E-state index contributed by atoms with van der Waals surface area (Å²) in [6.45, 7) is 2.27. The molecule has 1 aromatic rings. The molecule has 0 aromatic heterocycles. The fourth-order valence-electron chi connectivity index (χ4n) is 2.89. The Kier molecular flexibility index (Phi) is 10.9. The number of hydrogen-bond acceptors (Lipinski definition) is 2. The molecule has 0 amide bonds. The van der Waals surface area contributed by atoms with Crippen LogP contribution in [0.5, 0.6) is 5.75 Å². The maximum Gasteiger partial charge on any atom is 0.121 e. The maximum absolute atomic E-state index is 5.33. The van der Waals surface area contributed by atoms with E-state index < -0.39 is 0 Å². The SMILES string of the molecule is C#CNc1cc(CCCCCCCCCCCC)cc(OC)c1. The molecule has 1 rings (SSSR count). The molecule has 1 aromatic carbocycles. The van der Waals surface area contributed by atoms with Gasteiger partial charge in [-0.25, -0.2) is 0 Å². The number of hydrogen-bond donors (Lipinski definition) is 1. The van der Waals surface area contributed by atoms with Crippen LogP contribution in [-0.4, -0.2) is 7.11 Å². The fraction of sp³-hybridized carbons (Fsp3) is 0.619. The van der Waals surface area contributed by atoms with Crippen molar-refractivity contribution in [3.63, 3.8) is 0 Å². The maximum atomic E-state index is 5.33. The van der Waals surface area contributed by atoms with Crippen LogP contribution in [0.4, 0.5) is 5.69 Å². The van der Waals surface area contributed by atoms with Gasteiger partial charge in [0.15, 0.2) is 0 Å². The van der Waals surface area contributed by atoms with Crippen molar-refractivity contribution in [3.8, 4) is 18.2 Å². The highest BCUT2D eigenvalue weighted by molar-refractivity contribution is 5.54. The first kappa shape index (κ1) is 19.4. The molecule has 0 fully saturated rings. The number of anilines is 1. The van der Waals surface area contributed by atoms with Crippen molar-refractivity contribution in [3.05, 3.63) is 23.8 Å². The monoisotopic (exact) mass is 315 g/mol. The largest absolute Gasteiger partial charge is 0.497 e. The number of ether oxygens (including phenoxy) is 1. The Balaban J connectivity index is 2.15. The van der Waals surface area contributed by atoms with Crippen LogP contribution in [0.15, 0.2) is 18.2 Å². The smallest absolute Gasteiger partial charge is 0.121 e. The van der Waals surface area contributed by atoms with E-state index in [1.807, 2.05) is 6.07 Å². The van der Waals surface area contributed by atoms with Gasteiger partial charge in [0, 0.05) is 17.8 Å². The summed E-state index contributed by atoms with van der Waals surface area (Å²) in [6, 6.07) is 8.63. The van der Waals surface area contributed by atoms with Gasteiger partial charge in [-0.1, -0.05) is 71.1 Å². The topological polar surface area (TPSA) is 21.3 Å². The van der Waals surface area contributed by atoms with Crippen molar-refractivity contribution >= 4 is 5.69 Å². The third-order valence-electron chi connectivity index (χ3n) is 4.24. The van der Waals surface area contributed by atoms with Crippen LogP contribution in [0.2, 0.25) is 0 Å². The van der Waals surface area contributed by atoms with Gasteiger partial charge in [0.2, 0.25) is 0 Å². The second-order valence-electron chi connectivity index (χ2n) is 6.27. The lowest BCUT2D eigenvalue weighted by Gasteiger charge is -2.08. The zero-order valence-corrected chi connectivity index (χ0v) is 15.0. The van der Waals surface area contributed by atoms with Crippen LogP contribution in [0.25, 0.3) is 0 Å². The molecule has 0 unspecified atom stereocenters. The Morgan fingerprint density at radius 3 is 2.09 bits per heavy atom. The highest BCUT2D eigenvalue weighted by Crippen LogP contribution is 2.22. The molecule has 128 valence electrons. The van der Waals surface area contributed by atoms with Crippen molar-refractivity contribution in [2.75, 3.05) is 12.4 Å². The normalized spacial score (nSPS) is 10.3. The van der Waals surface area contributed by atoms with Gasteiger partial charge in [0.05, 0.1) is 7.11 Å². The van der Waals surface area contributed by atoms with E-state index in [4.69, 9.17) is 11.2 Å². The molecule has 0 spiro atoms.